The normalized spacial score (nSPS) is 16.4. The van der Waals surface area contributed by atoms with Gasteiger partial charge in [0.05, 0.1) is 13.2 Å². The molecule has 248 valence electrons. The van der Waals surface area contributed by atoms with Gasteiger partial charge in [0.25, 0.3) is 0 Å². The van der Waals surface area contributed by atoms with Gasteiger partial charge in [-0.15, -0.1) is 0 Å². The lowest BCUT2D eigenvalue weighted by Gasteiger charge is -2.45. The highest BCUT2D eigenvalue weighted by molar-refractivity contribution is 6.30. The number of aliphatic carboxylic acids is 1. The number of methoxy groups -OCH3 is 1. The van der Waals surface area contributed by atoms with Gasteiger partial charge in [-0.05, 0) is 48.2 Å². The van der Waals surface area contributed by atoms with E-state index < -0.39 is 30.3 Å². The summed E-state index contributed by atoms with van der Waals surface area (Å²) in [5, 5.41) is 13.2. The molecule has 3 unspecified atom stereocenters. The van der Waals surface area contributed by atoms with Crippen LogP contribution in [0.2, 0.25) is 5.02 Å². The number of carbonyl (C=O) groups is 4. The minimum atomic E-state index is -5.08. The molecule has 1 heterocycles. The fourth-order valence-electron chi connectivity index (χ4n) is 4.89. The molecule has 2 aromatic rings. The van der Waals surface area contributed by atoms with Crippen molar-refractivity contribution < 1.29 is 46.6 Å². The van der Waals surface area contributed by atoms with Gasteiger partial charge in [0.1, 0.15) is 11.9 Å². The Morgan fingerprint density at radius 1 is 1.02 bits per heavy atom. The van der Waals surface area contributed by atoms with Crippen LogP contribution < -0.4 is 10.6 Å². The summed E-state index contributed by atoms with van der Waals surface area (Å²) < 4.78 is 49.9. The average molecular weight is 661 g/mol. The Kier molecular flexibility index (Phi) is 14.5. The van der Waals surface area contributed by atoms with Crippen molar-refractivity contribution in [3.8, 4) is 0 Å². The molecule has 0 spiro atoms. The van der Waals surface area contributed by atoms with E-state index in [1.54, 1.807) is 24.1 Å². The molecule has 3 rings (SSSR count). The number of alkyl halides is 3. The van der Waals surface area contributed by atoms with E-state index in [0.717, 1.165) is 24.0 Å². The van der Waals surface area contributed by atoms with Gasteiger partial charge >= 0.3 is 18.2 Å². The van der Waals surface area contributed by atoms with Gasteiger partial charge in [-0.25, -0.2) is 14.0 Å². The molecule has 0 radical (unpaired) electrons. The van der Waals surface area contributed by atoms with Crippen LogP contribution in [0.3, 0.4) is 0 Å². The third-order valence-corrected chi connectivity index (χ3v) is 7.37. The monoisotopic (exact) mass is 660 g/mol. The van der Waals surface area contributed by atoms with E-state index in [1.165, 1.54) is 19.2 Å². The molecule has 1 aliphatic rings. The smallest absolute Gasteiger partial charge is 0.475 e. The third kappa shape index (κ3) is 11.8. The fraction of sp³-hybridized carbons (Fsp3) is 0.467. The highest BCUT2D eigenvalue weighted by atomic mass is 35.5. The predicted octanol–water partition coefficient (Wildman–Crippen LogP) is 4.05. The maximum Gasteiger partial charge on any atom is 0.490 e. The molecule has 0 bridgehead atoms. The van der Waals surface area contributed by atoms with Crippen molar-refractivity contribution in [1.82, 2.24) is 20.4 Å². The van der Waals surface area contributed by atoms with Crippen molar-refractivity contribution in [2.75, 3.05) is 33.8 Å². The Hall–Kier alpha value is -3.91. The first kappa shape index (κ1) is 37.3. The minimum Gasteiger partial charge on any atom is -0.475 e. The molecule has 0 saturated carbocycles. The van der Waals surface area contributed by atoms with E-state index in [4.69, 9.17) is 26.2 Å². The zero-order valence-electron chi connectivity index (χ0n) is 25.1. The second-order valence-corrected chi connectivity index (χ2v) is 10.7. The molecular formula is C30H37ClF4N4O6. The quantitative estimate of drug-likeness (QED) is 0.328. The van der Waals surface area contributed by atoms with Crippen LogP contribution >= 0.6 is 11.6 Å². The van der Waals surface area contributed by atoms with Gasteiger partial charge in [0, 0.05) is 44.2 Å². The number of ether oxygens (including phenoxy) is 1. The summed E-state index contributed by atoms with van der Waals surface area (Å²) in [6, 6.07) is 11.9. The molecule has 10 nitrogen and oxygen atoms in total. The van der Waals surface area contributed by atoms with Crippen LogP contribution in [0.1, 0.15) is 30.9 Å². The number of rotatable bonds is 10. The van der Waals surface area contributed by atoms with E-state index >= 15 is 0 Å². The number of carboxylic acids is 1. The summed E-state index contributed by atoms with van der Waals surface area (Å²) in [6.45, 7) is 3.47. The summed E-state index contributed by atoms with van der Waals surface area (Å²) in [5.41, 5.74) is 1.71. The Bertz CT molecular complexity index is 1280. The number of nitrogens with zero attached hydrogens (tertiary/aromatic N) is 2. The number of halogens is 5. The van der Waals surface area contributed by atoms with Crippen LogP contribution in [0.25, 0.3) is 0 Å². The molecule has 2 aromatic carbocycles. The lowest BCUT2D eigenvalue weighted by atomic mass is 9.98. The zero-order valence-corrected chi connectivity index (χ0v) is 25.8. The number of hydrogen-bond acceptors (Lipinski definition) is 6. The van der Waals surface area contributed by atoms with Crippen molar-refractivity contribution in [2.24, 2.45) is 0 Å². The van der Waals surface area contributed by atoms with E-state index in [1.807, 2.05) is 31.2 Å². The molecule has 15 heteroatoms. The van der Waals surface area contributed by atoms with Crippen molar-refractivity contribution in [1.29, 1.82) is 0 Å². The zero-order chi connectivity index (χ0) is 33.7. The average Bonchev–Trinajstić information content (AvgIpc) is 3.00. The lowest BCUT2D eigenvalue weighted by Crippen LogP contribution is -2.63. The number of piperazine rings is 1. The second-order valence-electron chi connectivity index (χ2n) is 10.3. The number of alkyl carbamates (subject to hydrolysis) is 1. The van der Waals surface area contributed by atoms with Crippen LogP contribution in [0.4, 0.5) is 22.4 Å². The molecule has 45 heavy (non-hydrogen) atoms. The predicted molar refractivity (Wildman–Crippen MR) is 158 cm³/mol. The SMILES string of the molecule is CCCC1CN(C(Cc2ccc(Cl)cc2)C(=O)NC)CCN1C(=O)C(Cc1ccc(F)cc1)NC(=O)OC.O=C(O)C(F)(F)F. The van der Waals surface area contributed by atoms with E-state index in [9.17, 15) is 31.9 Å². The summed E-state index contributed by atoms with van der Waals surface area (Å²) in [7, 11) is 2.87. The Morgan fingerprint density at radius 3 is 2.09 bits per heavy atom. The third-order valence-electron chi connectivity index (χ3n) is 7.12. The van der Waals surface area contributed by atoms with E-state index in [2.05, 4.69) is 15.5 Å². The van der Waals surface area contributed by atoms with E-state index in [0.29, 0.717) is 31.1 Å². The van der Waals surface area contributed by atoms with Crippen LogP contribution in [0.5, 0.6) is 0 Å². The number of nitrogens with one attached hydrogen (secondary N) is 2. The highest BCUT2D eigenvalue weighted by Gasteiger charge is 2.39. The van der Waals surface area contributed by atoms with Gasteiger partial charge in [0.15, 0.2) is 0 Å². The molecule has 0 aliphatic carbocycles. The van der Waals surface area contributed by atoms with E-state index in [-0.39, 0.29) is 30.1 Å². The maximum absolute atomic E-state index is 13.8. The topological polar surface area (TPSA) is 128 Å². The Labute approximate surface area is 263 Å². The summed E-state index contributed by atoms with van der Waals surface area (Å²) in [4.78, 5) is 51.6. The number of carbonyl (C=O) groups excluding carboxylic acids is 3. The van der Waals surface area contributed by atoms with Crippen molar-refractivity contribution in [2.45, 2.75) is 56.9 Å². The van der Waals surface area contributed by atoms with Gasteiger partial charge in [0.2, 0.25) is 11.8 Å². The molecule has 3 atom stereocenters. The highest BCUT2D eigenvalue weighted by Crippen LogP contribution is 2.22. The van der Waals surface area contributed by atoms with Gasteiger partial charge in [-0.2, -0.15) is 13.2 Å². The van der Waals surface area contributed by atoms with Gasteiger partial charge < -0.3 is 25.4 Å². The summed E-state index contributed by atoms with van der Waals surface area (Å²) in [5.74, 6) is -3.45. The molecule has 3 amide bonds. The first-order chi connectivity index (χ1) is 21.2. The summed E-state index contributed by atoms with van der Waals surface area (Å²) >= 11 is 6.03. The Balaban J connectivity index is 0.000000900. The molecule has 0 aromatic heterocycles. The fourth-order valence-corrected chi connectivity index (χ4v) is 5.01. The first-order valence-electron chi connectivity index (χ1n) is 14.1. The van der Waals surface area contributed by atoms with Crippen LogP contribution in [0.15, 0.2) is 48.5 Å². The number of hydrogen-bond donors (Lipinski definition) is 3. The molecular weight excluding hydrogens is 624 g/mol. The maximum atomic E-state index is 13.8. The lowest BCUT2D eigenvalue weighted by molar-refractivity contribution is -0.192. The molecule has 1 fully saturated rings. The van der Waals surface area contributed by atoms with Gasteiger partial charge in [-0.1, -0.05) is 49.2 Å². The minimum absolute atomic E-state index is 0.0866. The van der Waals surface area contributed by atoms with Crippen LogP contribution in [0, 0.1) is 5.82 Å². The van der Waals surface area contributed by atoms with Crippen molar-refractivity contribution in [3.63, 3.8) is 0 Å². The number of amides is 3. The van der Waals surface area contributed by atoms with Crippen LogP contribution in [-0.4, -0.2) is 96.9 Å². The van der Waals surface area contributed by atoms with Crippen molar-refractivity contribution >= 4 is 35.5 Å². The number of likely N-dealkylation sites (N-methyl/N-ethyl adjacent to an activating group) is 1. The largest absolute Gasteiger partial charge is 0.490 e. The van der Waals surface area contributed by atoms with Crippen molar-refractivity contribution in [3.05, 3.63) is 70.5 Å². The standard InChI is InChI=1S/C28H36ClFN4O4.C2HF3O2/c1-4-5-23-18-33(25(26(35)31-2)17-20-6-10-21(29)11-7-20)14-15-34(23)27(36)24(32-28(37)38-3)16-19-8-12-22(30)13-9-19;3-2(4,5)1(6)7/h6-13,23-25H,4-5,14-18H2,1-3H3,(H,31,35)(H,32,37);(H,6,7). The summed E-state index contributed by atoms with van der Waals surface area (Å²) in [6.07, 6.45) is -3.49. The molecule has 1 saturated heterocycles. The molecule has 1 aliphatic heterocycles. The Morgan fingerprint density at radius 2 is 1.58 bits per heavy atom. The number of benzene rings is 2. The second kappa shape index (κ2) is 17.5. The molecule has 3 N–H and O–H groups in total. The first-order valence-corrected chi connectivity index (χ1v) is 14.5. The van der Waals surface area contributed by atoms with Gasteiger partial charge in [-0.3, -0.25) is 14.5 Å². The van der Waals surface area contributed by atoms with Crippen LogP contribution in [-0.2, 0) is 32.0 Å². The number of carboxylic acid groups (broad SMARTS) is 1.